The Labute approximate surface area is 175 Å². The second kappa shape index (κ2) is 7.71. The van der Waals surface area contributed by atoms with Gasteiger partial charge in [-0.25, -0.2) is 4.79 Å². The number of rotatable bonds is 5. The molecule has 0 saturated carbocycles. The van der Waals surface area contributed by atoms with E-state index in [4.69, 9.17) is 14.0 Å². The molecule has 1 aromatic carbocycles. The van der Waals surface area contributed by atoms with Gasteiger partial charge in [0.2, 0.25) is 11.8 Å². The van der Waals surface area contributed by atoms with Gasteiger partial charge in [0.25, 0.3) is 0 Å². The Bertz CT molecular complexity index is 1080. The third kappa shape index (κ3) is 3.57. The van der Waals surface area contributed by atoms with Gasteiger partial charge in [-0.15, -0.1) is 11.3 Å². The van der Waals surface area contributed by atoms with Crippen molar-refractivity contribution in [2.75, 3.05) is 43.1 Å². The number of hydrogen-bond acceptors (Lipinski definition) is 7. The highest BCUT2D eigenvalue weighted by atomic mass is 32.1. The predicted molar refractivity (Wildman–Crippen MR) is 110 cm³/mol. The largest absolute Gasteiger partial charge is 0.486 e. The first-order valence-electron chi connectivity index (χ1n) is 9.44. The number of anilines is 2. The van der Waals surface area contributed by atoms with E-state index in [0.29, 0.717) is 49.2 Å². The van der Waals surface area contributed by atoms with Gasteiger partial charge in [-0.3, -0.25) is 15.0 Å². The summed E-state index contributed by atoms with van der Waals surface area (Å²) in [5.41, 5.74) is 1.37. The molecule has 0 atom stereocenters. The SMILES string of the molecule is O=C(CN1CCN(c2ccc3c(c2)OCCO3)C1=O)Nc1cc(-c2cccs2)no1. The molecule has 4 heterocycles. The summed E-state index contributed by atoms with van der Waals surface area (Å²) in [6.07, 6.45) is 0. The average molecular weight is 426 g/mol. The molecule has 3 aromatic rings. The lowest BCUT2D eigenvalue weighted by Gasteiger charge is -2.22. The van der Waals surface area contributed by atoms with E-state index in [1.807, 2.05) is 23.6 Å². The number of hydrogen-bond donors (Lipinski definition) is 1. The first kappa shape index (κ1) is 18.5. The van der Waals surface area contributed by atoms with Crippen molar-refractivity contribution in [3.8, 4) is 22.1 Å². The molecular weight excluding hydrogens is 408 g/mol. The van der Waals surface area contributed by atoms with E-state index >= 15 is 0 Å². The zero-order valence-electron chi connectivity index (χ0n) is 15.9. The summed E-state index contributed by atoms with van der Waals surface area (Å²) in [5, 5.41) is 8.55. The second-order valence-corrected chi connectivity index (χ2v) is 7.73. The Kier molecular flexibility index (Phi) is 4.75. The summed E-state index contributed by atoms with van der Waals surface area (Å²) in [7, 11) is 0. The van der Waals surface area contributed by atoms with Crippen LogP contribution in [0.15, 0.2) is 46.3 Å². The first-order valence-corrected chi connectivity index (χ1v) is 10.3. The van der Waals surface area contributed by atoms with Gasteiger partial charge in [-0.05, 0) is 23.6 Å². The number of benzene rings is 1. The lowest BCUT2D eigenvalue weighted by Crippen LogP contribution is -2.37. The normalized spacial score (nSPS) is 15.5. The summed E-state index contributed by atoms with van der Waals surface area (Å²) in [6, 6.07) is 10.7. The molecule has 1 fully saturated rings. The number of ether oxygens (including phenoxy) is 2. The van der Waals surface area contributed by atoms with Crippen molar-refractivity contribution in [1.29, 1.82) is 0 Å². The van der Waals surface area contributed by atoms with Gasteiger partial charge in [0, 0.05) is 30.9 Å². The van der Waals surface area contributed by atoms with Gasteiger partial charge in [0.1, 0.15) is 25.5 Å². The Morgan fingerprint density at radius 2 is 2.00 bits per heavy atom. The molecule has 2 aliphatic heterocycles. The van der Waals surface area contributed by atoms with Gasteiger partial charge in [0.15, 0.2) is 11.5 Å². The fourth-order valence-corrected chi connectivity index (χ4v) is 4.07. The molecule has 0 spiro atoms. The van der Waals surface area contributed by atoms with Crippen molar-refractivity contribution in [2.24, 2.45) is 0 Å². The fraction of sp³-hybridized carbons (Fsp3) is 0.250. The zero-order valence-corrected chi connectivity index (χ0v) is 16.7. The highest BCUT2D eigenvalue weighted by molar-refractivity contribution is 7.13. The topological polar surface area (TPSA) is 97.1 Å². The number of nitrogens with one attached hydrogen (secondary N) is 1. The molecule has 10 heteroatoms. The number of aromatic nitrogens is 1. The molecule has 30 heavy (non-hydrogen) atoms. The maximum Gasteiger partial charge on any atom is 0.325 e. The van der Waals surface area contributed by atoms with Crippen molar-refractivity contribution in [1.82, 2.24) is 10.1 Å². The molecule has 5 rings (SSSR count). The van der Waals surface area contributed by atoms with Crippen LogP contribution in [0, 0.1) is 0 Å². The minimum atomic E-state index is -0.346. The molecule has 1 N–H and O–H groups in total. The highest BCUT2D eigenvalue weighted by Gasteiger charge is 2.31. The Morgan fingerprint density at radius 3 is 2.83 bits per heavy atom. The van der Waals surface area contributed by atoms with E-state index in [9.17, 15) is 9.59 Å². The van der Waals surface area contributed by atoms with E-state index in [1.54, 1.807) is 23.1 Å². The number of amides is 3. The van der Waals surface area contributed by atoms with Crippen molar-refractivity contribution in [3.63, 3.8) is 0 Å². The zero-order chi connectivity index (χ0) is 20.5. The van der Waals surface area contributed by atoms with Gasteiger partial charge in [-0.1, -0.05) is 11.2 Å². The van der Waals surface area contributed by atoms with Crippen LogP contribution in [0.4, 0.5) is 16.4 Å². The first-order chi connectivity index (χ1) is 14.7. The third-order valence-electron chi connectivity index (χ3n) is 4.81. The van der Waals surface area contributed by atoms with Crippen LogP contribution in [0.3, 0.4) is 0 Å². The van der Waals surface area contributed by atoms with Crippen LogP contribution >= 0.6 is 11.3 Å². The molecule has 0 unspecified atom stereocenters. The molecule has 0 aliphatic carbocycles. The fourth-order valence-electron chi connectivity index (χ4n) is 3.39. The predicted octanol–water partition coefficient (Wildman–Crippen LogP) is 3.06. The standard InChI is InChI=1S/C20H18N4O5S/c25-18(21-19-11-14(22-29-19)17-2-1-9-30-17)12-23-5-6-24(20(23)26)13-3-4-15-16(10-13)28-8-7-27-15/h1-4,9-11H,5-8,12H2,(H,21,25). The molecule has 9 nitrogen and oxygen atoms in total. The molecule has 2 aromatic heterocycles. The lowest BCUT2D eigenvalue weighted by atomic mass is 10.2. The van der Waals surface area contributed by atoms with Crippen molar-refractivity contribution in [3.05, 3.63) is 41.8 Å². The number of nitrogens with zero attached hydrogens (tertiary/aromatic N) is 3. The third-order valence-corrected chi connectivity index (χ3v) is 5.71. The number of fused-ring (bicyclic) bond motifs is 1. The molecule has 2 aliphatic rings. The Balaban J connectivity index is 1.21. The van der Waals surface area contributed by atoms with E-state index in [1.165, 1.54) is 16.2 Å². The minimum Gasteiger partial charge on any atom is -0.486 e. The van der Waals surface area contributed by atoms with Crippen LogP contribution in [-0.2, 0) is 4.79 Å². The second-order valence-electron chi connectivity index (χ2n) is 6.79. The van der Waals surface area contributed by atoms with Crippen LogP contribution in [0.25, 0.3) is 10.6 Å². The van der Waals surface area contributed by atoms with Crippen molar-refractivity contribution >= 4 is 34.8 Å². The number of carbonyl (C=O) groups excluding carboxylic acids is 2. The maximum absolute atomic E-state index is 12.8. The average Bonchev–Trinajstić information content (AvgIpc) is 3.50. The highest BCUT2D eigenvalue weighted by Crippen LogP contribution is 2.35. The molecule has 0 radical (unpaired) electrons. The van der Waals surface area contributed by atoms with Crippen LogP contribution in [0.5, 0.6) is 11.5 Å². The summed E-state index contributed by atoms with van der Waals surface area (Å²) >= 11 is 1.53. The summed E-state index contributed by atoms with van der Waals surface area (Å²) in [5.74, 6) is 1.19. The summed E-state index contributed by atoms with van der Waals surface area (Å²) < 4.78 is 16.3. The Hall–Kier alpha value is -3.53. The van der Waals surface area contributed by atoms with Gasteiger partial charge >= 0.3 is 6.03 Å². The number of urea groups is 1. The minimum absolute atomic E-state index is 0.0745. The van der Waals surface area contributed by atoms with E-state index in [2.05, 4.69) is 10.5 Å². The van der Waals surface area contributed by atoms with Crippen molar-refractivity contribution < 1.29 is 23.6 Å². The van der Waals surface area contributed by atoms with E-state index < -0.39 is 0 Å². The van der Waals surface area contributed by atoms with E-state index in [-0.39, 0.29) is 24.4 Å². The monoisotopic (exact) mass is 426 g/mol. The maximum atomic E-state index is 12.8. The van der Waals surface area contributed by atoms with Crippen LogP contribution < -0.4 is 19.7 Å². The molecule has 3 amide bonds. The molecular formula is C20H18N4O5S. The van der Waals surface area contributed by atoms with Gasteiger partial charge < -0.3 is 18.9 Å². The quantitative estimate of drug-likeness (QED) is 0.674. The smallest absolute Gasteiger partial charge is 0.325 e. The molecule has 0 bridgehead atoms. The molecule has 154 valence electrons. The number of carbonyl (C=O) groups is 2. The van der Waals surface area contributed by atoms with E-state index in [0.717, 1.165) is 4.88 Å². The van der Waals surface area contributed by atoms with Gasteiger partial charge in [0.05, 0.1) is 4.88 Å². The van der Waals surface area contributed by atoms with Crippen LogP contribution in [-0.4, -0.2) is 54.8 Å². The van der Waals surface area contributed by atoms with Crippen molar-refractivity contribution in [2.45, 2.75) is 0 Å². The van der Waals surface area contributed by atoms with Crippen LogP contribution in [0.2, 0.25) is 0 Å². The van der Waals surface area contributed by atoms with Gasteiger partial charge in [-0.2, -0.15) is 0 Å². The molecule has 1 saturated heterocycles. The summed E-state index contributed by atoms with van der Waals surface area (Å²) in [6.45, 7) is 1.84. The van der Waals surface area contributed by atoms with Crippen LogP contribution in [0.1, 0.15) is 0 Å². The Morgan fingerprint density at radius 1 is 1.13 bits per heavy atom. The lowest BCUT2D eigenvalue weighted by molar-refractivity contribution is -0.116. The summed E-state index contributed by atoms with van der Waals surface area (Å²) in [4.78, 5) is 29.2. The number of thiophene rings is 1.